The minimum Gasteiger partial charge on any atom is -0.376 e. The Balaban J connectivity index is 0.843. The number of aromatic nitrogens is 1. The number of carbonyl (C=O) groups is 1. The molecule has 398 valence electrons. The number of benzene rings is 4. The zero-order valence-corrected chi connectivity index (χ0v) is 45.9. The van der Waals surface area contributed by atoms with Gasteiger partial charge in [-0.05, 0) is 150 Å². The zero-order chi connectivity index (χ0) is 52.5. The molecule has 15 nitrogen and oxygen atoms in total. The van der Waals surface area contributed by atoms with E-state index in [-0.39, 0.29) is 22.5 Å². The number of likely N-dealkylation sites (N-methyl/N-ethyl adjacent to an activating group) is 1. The van der Waals surface area contributed by atoms with Crippen LogP contribution in [0.4, 0.5) is 28.4 Å². The Morgan fingerprint density at radius 1 is 0.787 bits per heavy atom. The van der Waals surface area contributed by atoms with Crippen LogP contribution in [0.5, 0.6) is 0 Å². The Kier molecular flexibility index (Phi) is 17.9. The highest BCUT2D eigenvalue weighted by atomic mass is 35.5. The van der Waals surface area contributed by atoms with E-state index in [1.807, 2.05) is 50.4 Å². The van der Waals surface area contributed by atoms with Crippen LogP contribution in [0.25, 0.3) is 16.7 Å². The molecule has 5 aromatic rings. The molecule has 4 heterocycles. The third-order valence-electron chi connectivity index (χ3n) is 15.1. The van der Waals surface area contributed by atoms with Gasteiger partial charge >= 0.3 is 0 Å². The molecule has 0 unspecified atom stereocenters. The van der Waals surface area contributed by atoms with Gasteiger partial charge in [0.05, 0.1) is 21.1 Å². The van der Waals surface area contributed by atoms with E-state index in [1.165, 1.54) is 25.0 Å². The molecule has 1 atom stereocenters. The number of piperazine rings is 2. The SMILES string of the molecule is Cc1c(C(=O)NCCCN2CCN(C)CC2)c(-c2cccc(N3CCN(c4ccc(NS(=O)(=O)c5ccc(N[C@H](CCN6CCCC6)CSc6ccccc6)c([N+](=O)[O-])c5)cc4)CC3)c2)c(C2=CC=C(Cl)CC2)n1C. The normalized spacial score (nSPS) is 17.4. The summed E-state index contributed by atoms with van der Waals surface area (Å²) in [6, 6.07) is 29.9. The van der Waals surface area contributed by atoms with E-state index in [4.69, 9.17) is 11.6 Å². The van der Waals surface area contributed by atoms with Gasteiger partial charge in [0.2, 0.25) is 0 Å². The van der Waals surface area contributed by atoms with Crippen LogP contribution in [0.2, 0.25) is 0 Å². The van der Waals surface area contributed by atoms with Gasteiger partial charge in [0, 0.05) is 129 Å². The lowest BCUT2D eigenvalue weighted by Gasteiger charge is -2.37. The summed E-state index contributed by atoms with van der Waals surface area (Å²) in [6.45, 7) is 13.8. The monoisotopic (exact) mass is 1070 g/mol. The third-order valence-corrected chi connectivity index (χ3v) is 18.0. The first-order chi connectivity index (χ1) is 36.3. The summed E-state index contributed by atoms with van der Waals surface area (Å²) in [7, 11) is 0.0490. The molecule has 3 N–H and O–H groups in total. The van der Waals surface area contributed by atoms with E-state index in [0.29, 0.717) is 29.2 Å². The molecule has 1 amide bonds. The van der Waals surface area contributed by atoms with E-state index in [0.717, 1.165) is 160 Å². The van der Waals surface area contributed by atoms with Gasteiger partial charge in [0.15, 0.2) is 0 Å². The van der Waals surface area contributed by atoms with Crippen molar-refractivity contribution in [1.29, 1.82) is 0 Å². The maximum absolute atomic E-state index is 14.3. The number of nitro benzene ring substituents is 1. The molecular weight excluding hydrogens is 1000 g/mol. The van der Waals surface area contributed by atoms with Gasteiger partial charge in [-0.3, -0.25) is 19.6 Å². The molecule has 3 fully saturated rings. The lowest BCUT2D eigenvalue weighted by atomic mass is 9.92. The molecule has 4 aromatic carbocycles. The third kappa shape index (κ3) is 13.6. The second-order valence-corrected chi connectivity index (χ2v) is 23.5. The molecule has 75 heavy (non-hydrogen) atoms. The molecule has 0 radical (unpaired) electrons. The van der Waals surface area contributed by atoms with Crippen LogP contribution < -0.4 is 25.2 Å². The number of amides is 1. The van der Waals surface area contributed by atoms with Gasteiger partial charge in [-0.15, -0.1) is 11.8 Å². The van der Waals surface area contributed by atoms with Gasteiger partial charge in [-0.1, -0.05) is 48.0 Å². The van der Waals surface area contributed by atoms with Crippen molar-refractivity contribution >= 4 is 73.3 Å². The van der Waals surface area contributed by atoms with Crippen LogP contribution in [0.3, 0.4) is 0 Å². The number of nitrogens with zero attached hydrogens (tertiary/aromatic N) is 7. The lowest BCUT2D eigenvalue weighted by molar-refractivity contribution is -0.384. The number of hydrogen-bond acceptors (Lipinski definition) is 12. The molecular formula is C57H71ClN10O5S2. The fraction of sp³-hybridized carbons (Fsp3) is 0.421. The first-order valence-corrected chi connectivity index (χ1v) is 29.3. The maximum Gasteiger partial charge on any atom is 0.293 e. The van der Waals surface area contributed by atoms with Crippen molar-refractivity contribution in [2.75, 3.05) is 118 Å². The smallest absolute Gasteiger partial charge is 0.293 e. The van der Waals surface area contributed by atoms with Crippen LogP contribution in [0.15, 0.2) is 124 Å². The minimum absolute atomic E-state index is 0.0576. The Labute approximate surface area is 452 Å². The van der Waals surface area contributed by atoms with Crippen LogP contribution in [0.1, 0.15) is 60.3 Å². The number of rotatable bonds is 21. The highest BCUT2D eigenvalue weighted by Crippen LogP contribution is 2.41. The maximum atomic E-state index is 14.3. The van der Waals surface area contributed by atoms with Gasteiger partial charge in [-0.25, -0.2) is 8.42 Å². The van der Waals surface area contributed by atoms with E-state index in [9.17, 15) is 23.3 Å². The number of nitro groups is 1. The van der Waals surface area contributed by atoms with Crippen molar-refractivity contribution in [3.8, 4) is 11.1 Å². The van der Waals surface area contributed by atoms with E-state index < -0.39 is 14.9 Å². The van der Waals surface area contributed by atoms with Crippen molar-refractivity contribution in [1.82, 2.24) is 24.6 Å². The molecule has 0 bridgehead atoms. The summed E-state index contributed by atoms with van der Waals surface area (Å²) in [5, 5.41) is 20.0. The Hall–Kier alpha value is -5.82. The number of nitrogens with one attached hydrogen (secondary N) is 3. The summed E-state index contributed by atoms with van der Waals surface area (Å²) in [6.07, 6.45) is 9.65. The van der Waals surface area contributed by atoms with Crippen LogP contribution in [-0.2, 0) is 17.1 Å². The highest BCUT2D eigenvalue weighted by molar-refractivity contribution is 7.99. The van der Waals surface area contributed by atoms with Gasteiger partial charge in [0.25, 0.3) is 21.6 Å². The molecule has 3 saturated heterocycles. The number of anilines is 4. The topological polar surface area (TPSA) is 152 Å². The molecule has 3 aliphatic heterocycles. The Morgan fingerprint density at radius 2 is 1.49 bits per heavy atom. The quantitative estimate of drug-likeness (QED) is 0.0278. The number of likely N-dealkylation sites (tertiary alicyclic amines) is 1. The molecule has 4 aliphatic rings. The van der Waals surface area contributed by atoms with Crippen molar-refractivity contribution in [2.45, 2.75) is 61.3 Å². The largest absolute Gasteiger partial charge is 0.376 e. The number of halogens is 1. The second kappa shape index (κ2) is 24.9. The molecule has 18 heteroatoms. The molecule has 0 spiro atoms. The van der Waals surface area contributed by atoms with E-state index >= 15 is 0 Å². The summed E-state index contributed by atoms with van der Waals surface area (Å²) in [5.74, 6) is 0.638. The average Bonchev–Trinajstić information content (AvgIpc) is 4.08. The second-order valence-electron chi connectivity index (χ2n) is 20.2. The lowest BCUT2D eigenvalue weighted by Crippen LogP contribution is -2.46. The van der Waals surface area contributed by atoms with Gasteiger partial charge in [0.1, 0.15) is 5.69 Å². The van der Waals surface area contributed by atoms with Crippen molar-refractivity contribution in [3.05, 3.63) is 141 Å². The number of sulfonamides is 1. The number of thioether (sulfide) groups is 1. The van der Waals surface area contributed by atoms with Crippen LogP contribution in [0, 0.1) is 17.0 Å². The first-order valence-electron chi connectivity index (χ1n) is 26.4. The van der Waals surface area contributed by atoms with Crippen molar-refractivity contribution in [3.63, 3.8) is 0 Å². The fourth-order valence-corrected chi connectivity index (χ4v) is 12.9. The highest BCUT2D eigenvalue weighted by Gasteiger charge is 2.29. The standard InChI is InChI=1S/C57H71ClN10O5S2/c1-42-54(57(69)59-26-10-29-65-33-31-62(2)32-34-65)55(56(63(42)3)43-15-17-45(58)18-16-43)44-11-9-12-49(39-44)67-37-35-66(36-38-67)48-21-19-46(20-22-48)61-75(72,73)51-23-24-52(53(40-51)68(70)71)60-47(25-30-64-27-7-8-28-64)41-74-50-13-5-4-6-14-50/h4-6,9,11-15,17,19-24,39-40,47,60-61H,7-8,10,16,18,25-38,41H2,1-3H3,(H,59,69)/t47-/m1/s1. The number of hydrogen-bond donors (Lipinski definition) is 3. The summed E-state index contributed by atoms with van der Waals surface area (Å²) in [4.78, 5) is 39.0. The Bertz CT molecular complexity index is 2960. The van der Waals surface area contributed by atoms with E-state index in [1.54, 1.807) is 23.9 Å². The number of carbonyl (C=O) groups excluding carboxylic acids is 1. The summed E-state index contributed by atoms with van der Waals surface area (Å²) in [5.41, 5.74) is 8.14. The fourth-order valence-electron chi connectivity index (χ4n) is 10.7. The molecule has 0 saturated carbocycles. The van der Waals surface area contributed by atoms with Gasteiger partial charge in [-0.2, -0.15) is 0 Å². The summed E-state index contributed by atoms with van der Waals surface area (Å²) >= 11 is 8.14. The summed E-state index contributed by atoms with van der Waals surface area (Å²) < 4.78 is 32.4. The molecule has 9 rings (SSSR count). The minimum atomic E-state index is -4.16. The van der Waals surface area contributed by atoms with E-state index in [2.05, 4.69) is 93.9 Å². The van der Waals surface area contributed by atoms with Crippen molar-refractivity contribution in [2.24, 2.45) is 7.05 Å². The van der Waals surface area contributed by atoms with Crippen LogP contribution >= 0.6 is 23.4 Å². The number of allylic oxidation sites excluding steroid dienone is 4. The first kappa shape index (κ1) is 54.0. The van der Waals surface area contributed by atoms with Crippen LogP contribution in [-0.4, -0.2) is 142 Å². The Morgan fingerprint density at radius 3 is 2.19 bits per heavy atom. The average molecular weight is 1080 g/mol. The molecule has 1 aromatic heterocycles. The zero-order valence-electron chi connectivity index (χ0n) is 43.5. The predicted molar refractivity (Wildman–Crippen MR) is 307 cm³/mol. The predicted octanol–water partition coefficient (Wildman–Crippen LogP) is 9.76. The molecule has 1 aliphatic carbocycles. The van der Waals surface area contributed by atoms with Gasteiger partial charge < -0.3 is 39.7 Å². The van der Waals surface area contributed by atoms with Crippen molar-refractivity contribution < 1.29 is 18.1 Å².